The third kappa shape index (κ3) is 5.20. The number of carbonyl (C=O) groups is 1. The fraction of sp³-hybridized carbons (Fsp3) is 0.0645. The van der Waals surface area contributed by atoms with Gasteiger partial charge in [0.1, 0.15) is 11.1 Å². The van der Waals surface area contributed by atoms with Gasteiger partial charge in [-0.25, -0.2) is 27.0 Å². The fourth-order valence-corrected chi connectivity index (χ4v) is 6.85. The number of thioether (sulfide) groups is 1. The molecule has 0 fully saturated rings. The molecule has 0 spiro atoms. The Morgan fingerprint density at radius 1 is 0.878 bits per heavy atom. The van der Waals surface area contributed by atoms with E-state index in [0.717, 1.165) is 22.5 Å². The molecule has 2 heterocycles. The maximum Gasteiger partial charge on any atom is 0.351 e. The Bertz CT molecular complexity index is 2190. The van der Waals surface area contributed by atoms with Gasteiger partial charge in [-0.05, 0) is 47.2 Å². The lowest BCUT2D eigenvalue weighted by Gasteiger charge is -2.10. The summed E-state index contributed by atoms with van der Waals surface area (Å²) in [6, 6.07) is 27.9. The number of esters is 1. The molecule has 10 heteroatoms. The highest BCUT2D eigenvalue weighted by Gasteiger charge is 2.24. The Hall–Kier alpha value is -4.85. The summed E-state index contributed by atoms with van der Waals surface area (Å²) in [5.41, 5.74) is 0.366. The summed E-state index contributed by atoms with van der Waals surface area (Å²) in [5.74, 6) is 4.93. The van der Waals surface area contributed by atoms with Crippen molar-refractivity contribution in [3.05, 3.63) is 113 Å². The SMILES string of the molecule is O=C(OCC#CCSc1nc2ccccc2n1S(=O)(=O)c1ccc2ccccc2c1)c1cc2ccccc2oc1=O. The van der Waals surface area contributed by atoms with E-state index in [-0.39, 0.29) is 28.0 Å². The Labute approximate surface area is 238 Å². The number of ether oxygens (including phenoxy) is 1. The van der Waals surface area contributed by atoms with Crippen LogP contribution in [0.5, 0.6) is 0 Å². The van der Waals surface area contributed by atoms with Gasteiger partial charge in [0, 0.05) is 5.39 Å². The van der Waals surface area contributed by atoms with Crippen molar-refractivity contribution >= 4 is 60.5 Å². The lowest BCUT2D eigenvalue weighted by atomic mass is 10.1. The van der Waals surface area contributed by atoms with Gasteiger partial charge in [0.25, 0.3) is 10.0 Å². The quantitative estimate of drug-likeness (QED) is 0.110. The molecule has 0 saturated carbocycles. The molecule has 0 amide bonds. The molecule has 0 radical (unpaired) electrons. The van der Waals surface area contributed by atoms with Gasteiger partial charge in [-0.3, -0.25) is 0 Å². The van der Waals surface area contributed by atoms with Gasteiger partial charge in [-0.2, -0.15) is 0 Å². The van der Waals surface area contributed by atoms with E-state index >= 15 is 0 Å². The summed E-state index contributed by atoms with van der Waals surface area (Å²) in [5, 5.41) is 2.62. The van der Waals surface area contributed by atoms with E-state index in [1.807, 2.05) is 24.3 Å². The number of para-hydroxylation sites is 3. The van der Waals surface area contributed by atoms with Crippen molar-refractivity contribution in [2.45, 2.75) is 10.1 Å². The van der Waals surface area contributed by atoms with E-state index in [2.05, 4.69) is 16.8 Å². The Balaban J connectivity index is 1.19. The number of aromatic nitrogens is 2. The first kappa shape index (κ1) is 26.4. The number of imidazole rings is 1. The number of benzene rings is 4. The maximum absolute atomic E-state index is 13.8. The van der Waals surface area contributed by atoms with Crippen LogP contribution in [0.2, 0.25) is 0 Å². The van der Waals surface area contributed by atoms with Gasteiger partial charge in [0.15, 0.2) is 11.8 Å². The third-order valence-corrected chi connectivity index (χ3v) is 8.92. The summed E-state index contributed by atoms with van der Waals surface area (Å²) in [4.78, 5) is 29.2. The molecule has 0 saturated heterocycles. The van der Waals surface area contributed by atoms with Crippen LogP contribution < -0.4 is 5.63 Å². The molecule has 6 rings (SSSR count). The average Bonchev–Trinajstić information content (AvgIpc) is 3.37. The molecule has 0 unspecified atom stereocenters. The molecule has 0 N–H and O–H groups in total. The summed E-state index contributed by atoms with van der Waals surface area (Å²) in [6.07, 6.45) is 0. The number of hydrogen-bond donors (Lipinski definition) is 0. The van der Waals surface area contributed by atoms with Crippen LogP contribution in [-0.4, -0.2) is 35.7 Å². The topological polar surface area (TPSA) is 108 Å². The number of hydrogen-bond acceptors (Lipinski definition) is 8. The van der Waals surface area contributed by atoms with Crippen molar-refractivity contribution in [3.63, 3.8) is 0 Å². The minimum Gasteiger partial charge on any atom is -0.449 e. The van der Waals surface area contributed by atoms with Crippen LogP contribution in [0, 0.1) is 11.8 Å². The van der Waals surface area contributed by atoms with E-state index in [1.165, 1.54) is 10.0 Å². The van der Waals surface area contributed by atoms with E-state index in [0.29, 0.717) is 22.0 Å². The summed E-state index contributed by atoms with van der Waals surface area (Å²) in [6.45, 7) is -0.253. The second-order valence-electron chi connectivity index (χ2n) is 8.87. The minimum atomic E-state index is -3.98. The van der Waals surface area contributed by atoms with Crippen molar-refractivity contribution in [1.82, 2.24) is 8.96 Å². The number of fused-ring (bicyclic) bond motifs is 3. The number of rotatable bonds is 6. The number of carbonyl (C=O) groups excluding carboxylic acids is 1. The molecule has 0 bridgehead atoms. The van der Waals surface area contributed by atoms with Gasteiger partial charge in [-0.1, -0.05) is 84.3 Å². The predicted molar refractivity (Wildman–Crippen MR) is 158 cm³/mol. The van der Waals surface area contributed by atoms with Gasteiger partial charge >= 0.3 is 11.6 Å². The molecule has 2 aromatic heterocycles. The first-order chi connectivity index (χ1) is 19.9. The van der Waals surface area contributed by atoms with E-state index in [1.54, 1.807) is 66.7 Å². The van der Waals surface area contributed by atoms with Crippen LogP contribution in [-0.2, 0) is 14.8 Å². The molecule has 0 aliphatic rings. The van der Waals surface area contributed by atoms with Gasteiger partial charge in [-0.15, -0.1) is 0 Å². The van der Waals surface area contributed by atoms with Crippen LogP contribution in [0.15, 0.2) is 116 Å². The molecule has 0 aliphatic carbocycles. The first-order valence-corrected chi connectivity index (χ1v) is 14.8. The molecular weight excluding hydrogens is 560 g/mol. The second-order valence-corrected chi connectivity index (χ2v) is 11.6. The van der Waals surface area contributed by atoms with E-state index in [9.17, 15) is 18.0 Å². The molecule has 202 valence electrons. The summed E-state index contributed by atoms with van der Waals surface area (Å²) >= 11 is 1.15. The Morgan fingerprint density at radius 2 is 1.61 bits per heavy atom. The molecule has 0 atom stereocenters. The molecule has 8 nitrogen and oxygen atoms in total. The van der Waals surface area contributed by atoms with Gasteiger partial charge < -0.3 is 9.15 Å². The monoisotopic (exact) mass is 580 g/mol. The van der Waals surface area contributed by atoms with Crippen molar-refractivity contribution in [2.75, 3.05) is 12.4 Å². The molecular formula is C31H20N2O6S2. The summed E-state index contributed by atoms with van der Waals surface area (Å²) < 4.78 is 39.2. The van der Waals surface area contributed by atoms with Crippen molar-refractivity contribution in [3.8, 4) is 11.8 Å². The smallest absolute Gasteiger partial charge is 0.351 e. The van der Waals surface area contributed by atoms with Crippen LogP contribution in [0.1, 0.15) is 10.4 Å². The average molecular weight is 581 g/mol. The van der Waals surface area contributed by atoms with Crippen LogP contribution >= 0.6 is 11.8 Å². The molecule has 6 aromatic rings. The highest BCUT2D eigenvalue weighted by atomic mass is 32.2. The number of nitrogens with zero attached hydrogens (tertiary/aromatic N) is 2. The highest BCUT2D eigenvalue weighted by molar-refractivity contribution is 8.00. The zero-order chi connectivity index (χ0) is 28.4. The van der Waals surface area contributed by atoms with E-state index < -0.39 is 21.6 Å². The van der Waals surface area contributed by atoms with Crippen LogP contribution in [0.3, 0.4) is 0 Å². The molecule has 41 heavy (non-hydrogen) atoms. The molecule has 0 aliphatic heterocycles. The zero-order valence-electron chi connectivity index (χ0n) is 21.3. The van der Waals surface area contributed by atoms with Crippen molar-refractivity contribution in [1.29, 1.82) is 0 Å². The zero-order valence-corrected chi connectivity index (χ0v) is 22.9. The third-order valence-electron chi connectivity index (χ3n) is 6.28. The fourth-order valence-electron chi connectivity index (χ4n) is 4.32. The minimum absolute atomic E-state index is 0.150. The second kappa shape index (κ2) is 11.0. The van der Waals surface area contributed by atoms with Gasteiger partial charge in [0.05, 0.1) is 21.7 Å². The lowest BCUT2D eigenvalue weighted by Crippen LogP contribution is -2.16. The lowest BCUT2D eigenvalue weighted by molar-refractivity contribution is 0.0552. The Morgan fingerprint density at radius 3 is 2.46 bits per heavy atom. The van der Waals surface area contributed by atoms with E-state index in [4.69, 9.17) is 9.15 Å². The van der Waals surface area contributed by atoms with Crippen molar-refractivity contribution in [2.24, 2.45) is 0 Å². The first-order valence-electron chi connectivity index (χ1n) is 12.4. The largest absolute Gasteiger partial charge is 0.449 e. The molecule has 4 aromatic carbocycles. The Kier molecular flexibility index (Phi) is 7.05. The maximum atomic E-state index is 13.8. The van der Waals surface area contributed by atoms with Gasteiger partial charge in [0.2, 0.25) is 0 Å². The highest BCUT2D eigenvalue weighted by Crippen LogP contribution is 2.30. The predicted octanol–water partition coefficient (Wildman–Crippen LogP) is 5.49. The summed E-state index contributed by atoms with van der Waals surface area (Å²) in [7, 11) is -3.98. The normalized spacial score (nSPS) is 11.4. The van der Waals surface area contributed by atoms with Crippen LogP contribution in [0.25, 0.3) is 32.8 Å². The van der Waals surface area contributed by atoms with Crippen LogP contribution in [0.4, 0.5) is 0 Å². The standard InChI is InChI=1S/C31H20N2O6S2/c34-29(25-20-23-11-3-6-14-28(23)39-30(25)35)38-17-7-8-18-40-31-32-26-12-4-5-13-27(26)33(31)41(36,37)24-16-15-21-9-1-2-10-22(21)19-24/h1-6,9-16,19-20H,17-18H2. The van der Waals surface area contributed by atoms with Crippen molar-refractivity contribution < 1.29 is 22.4 Å².